The molecule has 2 aromatic rings. The molecule has 0 aliphatic carbocycles. The molecule has 0 radical (unpaired) electrons. The molecule has 1 N–H and O–H groups in total. The SMILES string of the molecule is Cc1nc(NCc2ccc(C(F)F)cc2)ccc1[N+](=O)[O-]. The second kappa shape index (κ2) is 6.25. The van der Waals surface area contributed by atoms with Gasteiger partial charge in [0.15, 0.2) is 0 Å². The van der Waals surface area contributed by atoms with E-state index >= 15 is 0 Å². The van der Waals surface area contributed by atoms with Crippen molar-refractivity contribution in [3.8, 4) is 0 Å². The van der Waals surface area contributed by atoms with Crippen LogP contribution in [0.2, 0.25) is 0 Å². The first-order valence-electron chi connectivity index (χ1n) is 6.20. The predicted molar refractivity (Wildman–Crippen MR) is 74.4 cm³/mol. The Morgan fingerprint density at radius 1 is 1.24 bits per heavy atom. The van der Waals surface area contributed by atoms with Crippen LogP contribution in [0.5, 0.6) is 0 Å². The summed E-state index contributed by atoms with van der Waals surface area (Å²) in [6.07, 6.45) is -2.48. The molecule has 1 aromatic carbocycles. The number of nitro groups is 1. The number of halogens is 2. The highest BCUT2D eigenvalue weighted by molar-refractivity contribution is 5.45. The van der Waals surface area contributed by atoms with Crippen molar-refractivity contribution in [2.45, 2.75) is 19.9 Å². The van der Waals surface area contributed by atoms with Gasteiger partial charge in [0.25, 0.3) is 12.1 Å². The van der Waals surface area contributed by atoms with Gasteiger partial charge in [0.05, 0.1) is 4.92 Å². The Morgan fingerprint density at radius 3 is 2.43 bits per heavy atom. The third kappa shape index (κ3) is 3.71. The highest BCUT2D eigenvalue weighted by Crippen LogP contribution is 2.20. The van der Waals surface area contributed by atoms with Crippen LogP contribution in [-0.2, 0) is 6.54 Å². The summed E-state index contributed by atoms with van der Waals surface area (Å²) < 4.78 is 24.8. The van der Waals surface area contributed by atoms with E-state index in [-0.39, 0.29) is 11.3 Å². The summed E-state index contributed by atoms with van der Waals surface area (Å²) in [5.41, 5.74) is 1.07. The van der Waals surface area contributed by atoms with E-state index in [4.69, 9.17) is 0 Å². The van der Waals surface area contributed by atoms with Crippen LogP contribution in [0, 0.1) is 17.0 Å². The lowest BCUT2D eigenvalue weighted by Gasteiger charge is -2.07. The number of hydrogen-bond acceptors (Lipinski definition) is 4. The van der Waals surface area contributed by atoms with E-state index in [0.29, 0.717) is 18.1 Å². The maximum absolute atomic E-state index is 12.4. The molecule has 0 saturated heterocycles. The topological polar surface area (TPSA) is 68.1 Å². The maximum Gasteiger partial charge on any atom is 0.290 e. The lowest BCUT2D eigenvalue weighted by molar-refractivity contribution is -0.385. The highest BCUT2D eigenvalue weighted by Gasteiger charge is 2.11. The van der Waals surface area contributed by atoms with Crippen LogP contribution in [0.3, 0.4) is 0 Å². The lowest BCUT2D eigenvalue weighted by Crippen LogP contribution is -2.03. The number of pyridine rings is 1. The van der Waals surface area contributed by atoms with Crippen LogP contribution in [0.4, 0.5) is 20.3 Å². The van der Waals surface area contributed by atoms with Gasteiger partial charge < -0.3 is 5.32 Å². The van der Waals surface area contributed by atoms with Crippen LogP contribution in [-0.4, -0.2) is 9.91 Å². The number of anilines is 1. The minimum absolute atomic E-state index is 0.0249. The van der Waals surface area contributed by atoms with Crippen molar-refractivity contribution in [1.29, 1.82) is 0 Å². The van der Waals surface area contributed by atoms with Gasteiger partial charge >= 0.3 is 0 Å². The van der Waals surface area contributed by atoms with Crippen molar-refractivity contribution in [2.24, 2.45) is 0 Å². The largest absolute Gasteiger partial charge is 0.366 e. The smallest absolute Gasteiger partial charge is 0.290 e. The first kappa shape index (κ1) is 14.8. The molecule has 2 rings (SSSR count). The van der Waals surface area contributed by atoms with Crippen LogP contribution < -0.4 is 5.32 Å². The monoisotopic (exact) mass is 293 g/mol. The second-order valence-corrected chi connectivity index (χ2v) is 4.45. The first-order valence-corrected chi connectivity index (χ1v) is 6.20. The van der Waals surface area contributed by atoms with Crippen molar-refractivity contribution in [3.63, 3.8) is 0 Å². The van der Waals surface area contributed by atoms with E-state index in [9.17, 15) is 18.9 Å². The van der Waals surface area contributed by atoms with Gasteiger partial charge in [0, 0.05) is 18.2 Å². The Morgan fingerprint density at radius 2 is 1.90 bits per heavy atom. The Hall–Kier alpha value is -2.57. The highest BCUT2D eigenvalue weighted by atomic mass is 19.3. The number of rotatable bonds is 5. The number of aryl methyl sites for hydroxylation is 1. The van der Waals surface area contributed by atoms with Gasteiger partial charge in [-0.2, -0.15) is 0 Å². The molecule has 1 aromatic heterocycles. The van der Waals surface area contributed by atoms with E-state index in [2.05, 4.69) is 10.3 Å². The van der Waals surface area contributed by atoms with Gasteiger partial charge in [-0.15, -0.1) is 0 Å². The van der Waals surface area contributed by atoms with Crippen LogP contribution in [0.25, 0.3) is 0 Å². The number of nitrogens with zero attached hydrogens (tertiary/aromatic N) is 2. The molecule has 0 aliphatic rings. The molecular formula is C14H13F2N3O2. The van der Waals surface area contributed by atoms with Crippen molar-refractivity contribution < 1.29 is 13.7 Å². The summed E-state index contributed by atoms with van der Waals surface area (Å²) in [7, 11) is 0. The third-order valence-electron chi connectivity index (χ3n) is 2.96. The van der Waals surface area contributed by atoms with E-state index in [1.165, 1.54) is 24.3 Å². The summed E-state index contributed by atoms with van der Waals surface area (Å²) in [4.78, 5) is 14.3. The molecule has 0 unspecified atom stereocenters. The predicted octanol–water partition coefficient (Wildman–Crippen LogP) is 3.85. The molecule has 0 bridgehead atoms. The van der Waals surface area contributed by atoms with Crippen LogP contribution in [0.1, 0.15) is 23.2 Å². The van der Waals surface area contributed by atoms with Crippen molar-refractivity contribution in [3.05, 3.63) is 63.3 Å². The fraction of sp³-hybridized carbons (Fsp3) is 0.214. The standard InChI is InChI=1S/C14H13F2N3O2/c1-9-12(19(20)21)6-7-13(18-9)17-8-10-2-4-11(5-3-10)14(15)16/h2-7,14H,8H2,1H3,(H,17,18). The number of hydrogen-bond donors (Lipinski definition) is 1. The Kier molecular flexibility index (Phi) is 4.42. The molecule has 0 aliphatic heterocycles. The van der Waals surface area contributed by atoms with E-state index < -0.39 is 11.3 Å². The first-order chi connectivity index (χ1) is 9.97. The fourth-order valence-electron chi connectivity index (χ4n) is 1.82. The third-order valence-corrected chi connectivity index (χ3v) is 2.96. The van der Waals surface area contributed by atoms with E-state index in [0.717, 1.165) is 5.56 Å². The molecule has 0 spiro atoms. The maximum atomic E-state index is 12.4. The van der Waals surface area contributed by atoms with Gasteiger partial charge in [-0.25, -0.2) is 13.8 Å². The molecule has 7 heteroatoms. The van der Waals surface area contributed by atoms with Gasteiger partial charge in [0.1, 0.15) is 11.5 Å². The Bertz CT molecular complexity index is 645. The molecule has 21 heavy (non-hydrogen) atoms. The molecule has 5 nitrogen and oxygen atoms in total. The zero-order valence-electron chi connectivity index (χ0n) is 11.2. The second-order valence-electron chi connectivity index (χ2n) is 4.45. The molecule has 1 heterocycles. The molecule has 0 atom stereocenters. The molecular weight excluding hydrogens is 280 g/mol. The zero-order chi connectivity index (χ0) is 15.4. The van der Waals surface area contributed by atoms with Crippen molar-refractivity contribution >= 4 is 11.5 Å². The van der Waals surface area contributed by atoms with Gasteiger partial charge in [0.2, 0.25) is 0 Å². The zero-order valence-corrected chi connectivity index (χ0v) is 11.2. The fourth-order valence-corrected chi connectivity index (χ4v) is 1.82. The summed E-state index contributed by atoms with van der Waals surface area (Å²) in [6, 6.07) is 8.84. The van der Waals surface area contributed by atoms with E-state index in [1.807, 2.05) is 0 Å². The minimum atomic E-state index is -2.48. The summed E-state index contributed by atoms with van der Waals surface area (Å²) in [5.74, 6) is 0.496. The number of aromatic nitrogens is 1. The average Bonchev–Trinajstić information content (AvgIpc) is 2.45. The quantitative estimate of drug-likeness (QED) is 0.671. The molecule has 0 amide bonds. The van der Waals surface area contributed by atoms with Crippen molar-refractivity contribution in [1.82, 2.24) is 4.98 Å². The number of nitrogens with one attached hydrogen (secondary N) is 1. The van der Waals surface area contributed by atoms with E-state index in [1.54, 1.807) is 19.1 Å². The number of alkyl halides is 2. The van der Waals surface area contributed by atoms with Crippen LogP contribution >= 0.6 is 0 Å². The van der Waals surface area contributed by atoms with Gasteiger partial charge in [-0.3, -0.25) is 10.1 Å². The molecule has 0 fully saturated rings. The Balaban J connectivity index is 2.03. The van der Waals surface area contributed by atoms with Crippen LogP contribution in [0.15, 0.2) is 36.4 Å². The average molecular weight is 293 g/mol. The Labute approximate surface area is 119 Å². The van der Waals surface area contributed by atoms with Gasteiger partial charge in [-0.05, 0) is 18.6 Å². The van der Waals surface area contributed by atoms with Crippen molar-refractivity contribution in [2.75, 3.05) is 5.32 Å². The molecule has 0 saturated carbocycles. The molecule has 110 valence electrons. The number of benzene rings is 1. The summed E-state index contributed by atoms with van der Waals surface area (Å²) in [6.45, 7) is 1.95. The summed E-state index contributed by atoms with van der Waals surface area (Å²) >= 11 is 0. The lowest BCUT2D eigenvalue weighted by atomic mass is 10.1. The summed E-state index contributed by atoms with van der Waals surface area (Å²) in [5, 5.41) is 13.7. The normalized spacial score (nSPS) is 10.7. The van der Waals surface area contributed by atoms with Gasteiger partial charge in [-0.1, -0.05) is 24.3 Å². The minimum Gasteiger partial charge on any atom is -0.366 e.